The standard InChI is InChI=1S/C29H35NO5/c1-6-35-21-14-11-18(12-15-21)25-24(27(32)28(33)30(25)20-9-7-8-10-20)26(31)22-17-19(29(2,3)4)13-16-23(22)34-5/h11-17,20,25,31H,6-10H2,1-5H3/b26-24+. The third kappa shape index (κ3) is 4.66. The van der Waals surface area contributed by atoms with Crippen LogP contribution in [0.5, 0.6) is 11.5 Å². The molecule has 0 bridgehead atoms. The van der Waals surface area contributed by atoms with E-state index in [1.807, 2.05) is 43.3 Å². The molecule has 0 aromatic heterocycles. The molecule has 6 nitrogen and oxygen atoms in total. The first-order chi connectivity index (χ1) is 16.7. The number of carbonyl (C=O) groups is 2. The molecule has 1 N–H and O–H groups in total. The van der Waals surface area contributed by atoms with E-state index in [2.05, 4.69) is 20.8 Å². The second kappa shape index (κ2) is 9.76. The van der Waals surface area contributed by atoms with Gasteiger partial charge in [0.15, 0.2) is 0 Å². The van der Waals surface area contributed by atoms with E-state index < -0.39 is 17.7 Å². The number of likely N-dealkylation sites (tertiary alicyclic amines) is 1. The molecule has 2 fully saturated rings. The number of aliphatic hydroxyl groups is 1. The van der Waals surface area contributed by atoms with Crippen molar-refractivity contribution in [3.8, 4) is 11.5 Å². The maximum absolute atomic E-state index is 13.4. The Morgan fingerprint density at radius 1 is 1.06 bits per heavy atom. The Morgan fingerprint density at radius 2 is 1.71 bits per heavy atom. The number of methoxy groups -OCH3 is 1. The summed E-state index contributed by atoms with van der Waals surface area (Å²) in [6, 6.07) is 12.3. The van der Waals surface area contributed by atoms with Crippen molar-refractivity contribution in [2.75, 3.05) is 13.7 Å². The van der Waals surface area contributed by atoms with E-state index in [1.165, 1.54) is 7.11 Å². The molecule has 2 aromatic carbocycles. The quantitative estimate of drug-likeness (QED) is 0.325. The molecule has 1 aliphatic carbocycles. The average molecular weight is 478 g/mol. The largest absolute Gasteiger partial charge is 0.507 e. The zero-order valence-electron chi connectivity index (χ0n) is 21.3. The number of aliphatic hydroxyl groups excluding tert-OH is 1. The number of Topliss-reactive ketones (excluding diaryl/α,β-unsaturated/α-hetero) is 1. The zero-order chi connectivity index (χ0) is 25.3. The highest BCUT2D eigenvalue weighted by Crippen LogP contribution is 2.45. The summed E-state index contributed by atoms with van der Waals surface area (Å²) in [5, 5.41) is 11.6. The van der Waals surface area contributed by atoms with Gasteiger partial charge >= 0.3 is 0 Å². The molecule has 1 amide bonds. The van der Waals surface area contributed by atoms with Gasteiger partial charge < -0.3 is 19.5 Å². The summed E-state index contributed by atoms with van der Waals surface area (Å²) < 4.78 is 11.1. The van der Waals surface area contributed by atoms with E-state index in [4.69, 9.17) is 9.47 Å². The first-order valence-electron chi connectivity index (χ1n) is 12.4. The Morgan fingerprint density at radius 3 is 2.29 bits per heavy atom. The number of nitrogens with zero attached hydrogens (tertiary/aromatic N) is 1. The molecular weight excluding hydrogens is 442 g/mol. The molecule has 1 aliphatic heterocycles. The Hall–Kier alpha value is -3.28. The number of benzene rings is 2. The second-order valence-corrected chi connectivity index (χ2v) is 10.3. The van der Waals surface area contributed by atoms with Crippen molar-refractivity contribution in [1.82, 2.24) is 4.90 Å². The van der Waals surface area contributed by atoms with Crippen molar-refractivity contribution in [2.24, 2.45) is 0 Å². The number of carbonyl (C=O) groups excluding carboxylic acids is 2. The van der Waals surface area contributed by atoms with E-state index in [-0.39, 0.29) is 22.8 Å². The maximum Gasteiger partial charge on any atom is 0.295 e. The summed E-state index contributed by atoms with van der Waals surface area (Å²) in [7, 11) is 1.53. The van der Waals surface area contributed by atoms with Crippen LogP contribution in [-0.4, -0.2) is 41.5 Å². The molecular formula is C29H35NO5. The van der Waals surface area contributed by atoms with Crippen LogP contribution in [0.3, 0.4) is 0 Å². The minimum atomic E-state index is -0.670. The first-order valence-corrected chi connectivity index (χ1v) is 12.4. The predicted octanol–water partition coefficient (Wildman–Crippen LogP) is 5.76. The second-order valence-electron chi connectivity index (χ2n) is 10.3. The van der Waals surface area contributed by atoms with Gasteiger partial charge in [0.05, 0.1) is 30.9 Å². The Kier molecular flexibility index (Phi) is 6.93. The molecule has 6 heteroatoms. The Balaban J connectivity index is 1.91. The normalized spacial score (nSPS) is 20.5. The zero-order valence-corrected chi connectivity index (χ0v) is 21.3. The lowest BCUT2D eigenvalue weighted by molar-refractivity contribution is -0.141. The van der Waals surface area contributed by atoms with Crippen LogP contribution in [0.25, 0.3) is 5.76 Å². The molecule has 186 valence electrons. The fourth-order valence-corrected chi connectivity index (χ4v) is 5.15. The van der Waals surface area contributed by atoms with Crippen LogP contribution >= 0.6 is 0 Å². The fraction of sp³-hybridized carbons (Fsp3) is 0.448. The van der Waals surface area contributed by atoms with Crippen molar-refractivity contribution < 1.29 is 24.2 Å². The predicted molar refractivity (Wildman–Crippen MR) is 136 cm³/mol. The molecule has 1 atom stereocenters. The van der Waals surface area contributed by atoms with E-state index in [9.17, 15) is 14.7 Å². The van der Waals surface area contributed by atoms with Crippen molar-refractivity contribution in [3.05, 3.63) is 64.7 Å². The minimum absolute atomic E-state index is 0.0314. The van der Waals surface area contributed by atoms with Crippen LogP contribution in [0.4, 0.5) is 0 Å². The highest BCUT2D eigenvalue weighted by molar-refractivity contribution is 6.46. The van der Waals surface area contributed by atoms with Gasteiger partial charge in [0.25, 0.3) is 11.7 Å². The van der Waals surface area contributed by atoms with E-state index in [1.54, 1.807) is 11.0 Å². The van der Waals surface area contributed by atoms with Gasteiger partial charge in [-0.2, -0.15) is 0 Å². The first kappa shape index (κ1) is 24.8. The van der Waals surface area contributed by atoms with Crippen LogP contribution in [0.2, 0.25) is 0 Å². The Labute approximate surface area is 207 Å². The van der Waals surface area contributed by atoms with Gasteiger partial charge in [0.2, 0.25) is 0 Å². The molecule has 1 heterocycles. The number of hydrogen-bond acceptors (Lipinski definition) is 5. The summed E-state index contributed by atoms with van der Waals surface area (Å²) in [5.41, 5.74) is 2.11. The highest BCUT2D eigenvalue weighted by atomic mass is 16.5. The molecule has 2 aliphatic rings. The Bertz CT molecular complexity index is 1140. The lowest BCUT2D eigenvalue weighted by Crippen LogP contribution is -2.37. The van der Waals surface area contributed by atoms with Crippen LogP contribution in [0.15, 0.2) is 48.0 Å². The van der Waals surface area contributed by atoms with Crippen molar-refractivity contribution in [2.45, 2.75) is 70.9 Å². The molecule has 35 heavy (non-hydrogen) atoms. The monoisotopic (exact) mass is 477 g/mol. The number of amides is 1. The van der Waals surface area contributed by atoms with Crippen LogP contribution < -0.4 is 9.47 Å². The highest BCUT2D eigenvalue weighted by Gasteiger charge is 2.49. The summed E-state index contributed by atoms with van der Waals surface area (Å²) in [6.07, 6.45) is 3.74. The fourth-order valence-electron chi connectivity index (χ4n) is 5.15. The van der Waals surface area contributed by atoms with Gasteiger partial charge in [-0.3, -0.25) is 9.59 Å². The van der Waals surface area contributed by atoms with Crippen LogP contribution in [0, 0.1) is 0 Å². The number of ketones is 1. The molecule has 2 aromatic rings. The lowest BCUT2D eigenvalue weighted by atomic mass is 9.85. The summed E-state index contributed by atoms with van der Waals surface area (Å²) >= 11 is 0. The third-order valence-corrected chi connectivity index (χ3v) is 7.03. The molecule has 1 saturated heterocycles. The van der Waals surface area contributed by atoms with Gasteiger partial charge in [0.1, 0.15) is 17.3 Å². The number of ether oxygens (including phenoxy) is 2. The topological polar surface area (TPSA) is 76.1 Å². The lowest BCUT2D eigenvalue weighted by Gasteiger charge is -2.31. The van der Waals surface area contributed by atoms with Gasteiger partial charge in [-0.25, -0.2) is 0 Å². The van der Waals surface area contributed by atoms with E-state index in [0.717, 1.165) is 36.8 Å². The van der Waals surface area contributed by atoms with Gasteiger partial charge in [-0.15, -0.1) is 0 Å². The molecule has 1 unspecified atom stereocenters. The summed E-state index contributed by atoms with van der Waals surface area (Å²) in [6.45, 7) is 8.71. The number of rotatable bonds is 6. The maximum atomic E-state index is 13.4. The van der Waals surface area contributed by atoms with Crippen molar-refractivity contribution in [3.63, 3.8) is 0 Å². The molecule has 0 radical (unpaired) electrons. The molecule has 4 rings (SSSR count). The van der Waals surface area contributed by atoms with Crippen LogP contribution in [0.1, 0.15) is 76.1 Å². The SMILES string of the molecule is CCOc1ccc(C2/C(=C(\O)c3cc(C(C)(C)C)ccc3OC)C(=O)C(=O)N2C2CCCC2)cc1. The smallest absolute Gasteiger partial charge is 0.295 e. The van der Waals surface area contributed by atoms with Crippen molar-refractivity contribution in [1.29, 1.82) is 0 Å². The van der Waals surface area contributed by atoms with Gasteiger partial charge in [-0.05, 0) is 60.6 Å². The third-order valence-electron chi connectivity index (χ3n) is 7.03. The van der Waals surface area contributed by atoms with Gasteiger partial charge in [0, 0.05) is 6.04 Å². The average Bonchev–Trinajstić information content (AvgIpc) is 3.45. The van der Waals surface area contributed by atoms with Crippen LogP contribution in [-0.2, 0) is 15.0 Å². The minimum Gasteiger partial charge on any atom is -0.507 e. The van der Waals surface area contributed by atoms with Gasteiger partial charge in [-0.1, -0.05) is 51.8 Å². The summed E-state index contributed by atoms with van der Waals surface area (Å²) in [5.74, 6) is -0.243. The van der Waals surface area contributed by atoms with E-state index >= 15 is 0 Å². The summed E-state index contributed by atoms with van der Waals surface area (Å²) in [4.78, 5) is 28.5. The molecule has 1 saturated carbocycles. The van der Waals surface area contributed by atoms with E-state index in [0.29, 0.717) is 23.7 Å². The van der Waals surface area contributed by atoms with Crippen molar-refractivity contribution >= 4 is 17.4 Å². The molecule has 0 spiro atoms. The number of hydrogen-bond donors (Lipinski definition) is 1.